The van der Waals surface area contributed by atoms with E-state index >= 15 is 0 Å². The number of carbonyl (C=O) groups is 1. The second-order valence-electron chi connectivity index (χ2n) is 3.26. The Morgan fingerprint density at radius 1 is 1.40 bits per heavy atom. The Balaban J connectivity index is 2.97. The fourth-order valence-corrected chi connectivity index (χ4v) is 1.30. The zero-order chi connectivity index (χ0) is 11.4. The van der Waals surface area contributed by atoms with Crippen molar-refractivity contribution in [2.24, 2.45) is 0 Å². The summed E-state index contributed by atoms with van der Waals surface area (Å²) in [6.45, 7) is 1.45. The second-order valence-corrected chi connectivity index (χ2v) is 3.26. The molecule has 0 unspecified atom stereocenters. The molecule has 0 N–H and O–H groups in total. The number of Topliss-reactive ketones (excluding diaryl/α,β-unsaturated/α-hetero) is 1. The lowest BCUT2D eigenvalue weighted by molar-refractivity contribution is -0.116. The Bertz CT molecular complexity index is 375. The first-order valence-corrected chi connectivity index (χ1v) is 4.56. The van der Waals surface area contributed by atoms with Crippen LogP contribution in [0.4, 0.5) is 8.78 Å². The predicted octanol–water partition coefficient (Wildman–Crippen LogP) is 2.50. The molecule has 1 rings (SSSR count). The standard InChI is InChI=1S/C11H12F2O2/c1-7(14)3-4-8-5-6-9(12)10(13)11(8)15-2/h5-6H,3-4H2,1-2H3. The van der Waals surface area contributed by atoms with Crippen molar-refractivity contribution in [3.63, 3.8) is 0 Å². The molecule has 0 atom stereocenters. The zero-order valence-electron chi connectivity index (χ0n) is 8.64. The van der Waals surface area contributed by atoms with Crippen LogP contribution in [-0.4, -0.2) is 12.9 Å². The molecule has 0 aliphatic rings. The maximum Gasteiger partial charge on any atom is 0.200 e. The summed E-state index contributed by atoms with van der Waals surface area (Å²) in [5.74, 6) is -2.06. The van der Waals surface area contributed by atoms with Gasteiger partial charge in [-0.2, -0.15) is 4.39 Å². The largest absolute Gasteiger partial charge is 0.493 e. The third-order valence-electron chi connectivity index (χ3n) is 2.08. The molecule has 1 aromatic rings. The van der Waals surface area contributed by atoms with Gasteiger partial charge >= 0.3 is 0 Å². The van der Waals surface area contributed by atoms with E-state index in [2.05, 4.69) is 0 Å². The Kier molecular flexibility index (Phi) is 3.77. The average molecular weight is 214 g/mol. The van der Waals surface area contributed by atoms with Crippen molar-refractivity contribution >= 4 is 5.78 Å². The minimum atomic E-state index is -1.00. The molecular weight excluding hydrogens is 202 g/mol. The van der Waals surface area contributed by atoms with Crippen LogP contribution in [0.1, 0.15) is 18.9 Å². The van der Waals surface area contributed by atoms with Crippen LogP contribution in [0.25, 0.3) is 0 Å². The quantitative estimate of drug-likeness (QED) is 0.769. The Labute approximate surface area is 86.9 Å². The number of benzene rings is 1. The van der Waals surface area contributed by atoms with Gasteiger partial charge in [-0.1, -0.05) is 6.07 Å². The van der Waals surface area contributed by atoms with Crippen LogP contribution < -0.4 is 4.74 Å². The molecule has 0 saturated heterocycles. The van der Waals surface area contributed by atoms with E-state index in [1.807, 2.05) is 0 Å². The van der Waals surface area contributed by atoms with Crippen LogP contribution in [0.15, 0.2) is 12.1 Å². The molecule has 0 aromatic heterocycles. The normalized spacial score (nSPS) is 10.1. The predicted molar refractivity (Wildman–Crippen MR) is 51.9 cm³/mol. The van der Waals surface area contributed by atoms with Crippen molar-refractivity contribution in [1.29, 1.82) is 0 Å². The van der Waals surface area contributed by atoms with Crippen LogP contribution in [0.5, 0.6) is 5.75 Å². The number of ketones is 1. The Hall–Kier alpha value is -1.45. The SMILES string of the molecule is COc1c(CCC(C)=O)ccc(F)c1F. The summed E-state index contributed by atoms with van der Waals surface area (Å²) in [5, 5.41) is 0. The molecule has 0 bridgehead atoms. The van der Waals surface area contributed by atoms with E-state index in [0.717, 1.165) is 6.07 Å². The smallest absolute Gasteiger partial charge is 0.200 e. The summed E-state index contributed by atoms with van der Waals surface area (Å²) in [4.78, 5) is 10.8. The number of hydrogen-bond acceptors (Lipinski definition) is 2. The maximum atomic E-state index is 13.2. The number of rotatable bonds is 4. The minimum absolute atomic E-state index is 0.00165. The highest BCUT2D eigenvalue weighted by molar-refractivity contribution is 5.75. The third kappa shape index (κ3) is 2.75. The van der Waals surface area contributed by atoms with Crippen LogP contribution in [0, 0.1) is 11.6 Å². The highest BCUT2D eigenvalue weighted by Gasteiger charge is 2.14. The summed E-state index contributed by atoms with van der Waals surface area (Å²) in [6.07, 6.45) is 0.650. The molecule has 0 aliphatic heterocycles. The molecule has 1 aromatic carbocycles. The highest BCUT2D eigenvalue weighted by Crippen LogP contribution is 2.25. The highest BCUT2D eigenvalue weighted by atomic mass is 19.2. The van der Waals surface area contributed by atoms with E-state index in [1.165, 1.54) is 20.1 Å². The zero-order valence-corrected chi connectivity index (χ0v) is 8.64. The van der Waals surface area contributed by atoms with Crippen molar-refractivity contribution in [3.8, 4) is 5.75 Å². The first kappa shape index (κ1) is 11.6. The van der Waals surface area contributed by atoms with Crippen molar-refractivity contribution in [2.75, 3.05) is 7.11 Å². The number of ether oxygens (including phenoxy) is 1. The number of halogens is 2. The van der Waals surface area contributed by atoms with Gasteiger partial charge in [-0.15, -0.1) is 0 Å². The lowest BCUT2D eigenvalue weighted by atomic mass is 10.1. The van der Waals surface area contributed by atoms with Crippen molar-refractivity contribution in [1.82, 2.24) is 0 Å². The van der Waals surface area contributed by atoms with Gasteiger partial charge in [-0.25, -0.2) is 4.39 Å². The van der Waals surface area contributed by atoms with Crippen LogP contribution in [0.2, 0.25) is 0 Å². The van der Waals surface area contributed by atoms with Gasteiger partial charge in [0.25, 0.3) is 0 Å². The van der Waals surface area contributed by atoms with Gasteiger partial charge in [-0.05, 0) is 25.0 Å². The van der Waals surface area contributed by atoms with Crippen molar-refractivity contribution in [2.45, 2.75) is 19.8 Å². The van der Waals surface area contributed by atoms with E-state index < -0.39 is 11.6 Å². The molecule has 0 spiro atoms. The van der Waals surface area contributed by atoms with E-state index in [4.69, 9.17) is 4.74 Å². The average Bonchev–Trinajstić information content (AvgIpc) is 2.19. The maximum absolute atomic E-state index is 13.2. The molecule has 0 aliphatic carbocycles. The van der Waals surface area contributed by atoms with Crippen LogP contribution in [0.3, 0.4) is 0 Å². The third-order valence-corrected chi connectivity index (χ3v) is 2.08. The molecule has 0 radical (unpaired) electrons. The summed E-state index contributed by atoms with van der Waals surface area (Å²) in [6, 6.07) is 2.47. The number of carbonyl (C=O) groups excluding carboxylic acids is 1. The topological polar surface area (TPSA) is 26.3 Å². The fraction of sp³-hybridized carbons (Fsp3) is 0.364. The summed E-state index contributed by atoms with van der Waals surface area (Å²) in [5.41, 5.74) is 0.506. The number of hydrogen-bond donors (Lipinski definition) is 0. The Morgan fingerprint density at radius 2 is 2.07 bits per heavy atom. The molecule has 15 heavy (non-hydrogen) atoms. The van der Waals surface area contributed by atoms with E-state index in [0.29, 0.717) is 18.4 Å². The van der Waals surface area contributed by atoms with E-state index in [1.54, 1.807) is 0 Å². The van der Waals surface area contributed by atoms with Gasteiger partial charge in [0.1, 0.15) is 5.78 Å². The fourth-order valence-electron chi connectivity index (χ4n) is 1.30. The van der Waals surface area contributed by atoms with Gasteiger partial charge in [0.15, 0.2) is 11.6 Å². The van der Waals surface area contributed by atoms with Gasteiger partial charge < -0.3 is 9.53 Å². The van der Waals surface area contributed by atoms with Gasteiger partial charge in [0, 0.05) is 6.42 Å². The molecule has 0 saturated carbocycles. The second kappa shape index (κ2) is 4.87. The number of methoxy groups -OCH3 is 1. The first-order chi connectivity index (χ1) is 7.06. The molecule has 0 amide bonds. The molecule has 4 heteroatoms. The molecule has 0 heterocycles. The van der Waals surface area contributed by atoms with Gasteiger partial charge in [-0.3, -0.25) is 0 Å². The minimum Gasteiger partial charge on any atom is -0.493 e. The molecule has 82 valence electrons. The van der Waals surface area contributed by atoms with E-state index in [-0.39, 0.29) is 11.5 Å². The molecular formula is C11H12F2O2. The van der Waals surface area contributed by atoms with Crippen molar-refractivity contribution < 1.29 is 18.3 Å². The van der Waals surface area contributed by atoms with Crippen molar-refractivity contribution in [3.05, 3.63) is 29.3 Å². The van der Waals surface area contributed by atoms with Crippen LogP contribution in [-0.2, 0) is 11.2 Å². The lowest BCUT2D eigenvalue weighted by Gasteiger charge is -2.08. The summed E-state index contributed by atoms with van der Waals surface area (Å²) in [7, 11) is 1.27. The lowest BCUT2D eigenvalue weighted by Crippen LogP contribution is -2.00. The number of aryl methyl sites for hydroxylation is 1. The Morgan fingerprint density at radius 3 is 2.60 bits per heavy atom. The molecule has 0 fully saturated rings. The monoisotopic (exact) mass is 214 g/mol. The summed E-state index contributed by atoms with van der Waals surface area (Å²) < 4.78 is 30.8. The summed E-state index contributed by atoms with van der Waals surface area (Å²) >= 11 is 0. The molecule has 2 nitrogen and oxygen atoms in total. The van der Waals surface area contributed by atoms with Gasteiger partial charge in [0.05, 0.1) is 7.11 Å². The van der Waals surface area contributed by atoms with Gasteiger partial charge in [0.2, 0.25) is 5.82 Å². The first-order valence-electron chi connectivity index (χ1n) is 4.56. The van der Waals surface area contributed by atoms with Crippen LogP contribution >= 0.6 is 0 Å². The van der Waals surface area contributed by atoms with E-state index in [9.17, 15) is 13.6 Å².